The van der Waals surface area contributed by atoms with E-state index in [1.54, 1.807) is 0 Å². The van der Waals surface area contributed by atoms with E-state index in [0.717, 1.165) is 12.5 Å². The van der Waals surface area contributed by atoms with Crippen LogP contribution in [0.15, 0.2) is 0 Å². The van der Waals surface area contributed by atoms with Crippen molar-refractivity contribution in [1.82, 2.24) is 0 Å². The molecular weight excluding hydrogens is 119 g/mol. The fraction of sp³-hybridized carbons (Fsp3) is 1.00. The predicted octanol–water partition coefficient (Wildman–Crippen LogP) is 1.82. The lowest BCUT2D eigenvalue weighted by atomic mass is 10.0. The lowest BCUT2D eigenvalue weighted by Gasteiger charge is -2.35. The van der Waals surface area contributed by atoms with Crippen LogP contribution in [-0.4, -0.2) is 18.9 Å². The standard InChI is InChI=1S/C6H11OP/c1-3-8-4-2-6(1)5-7-8/h6H,1-5H2. The smallest absolute Gasteiger partial charge is 0.0537 e. The van der Waals surface area contributed by atoms with Crippen molar-refractivity contribution in [2.45, 2.75) is 12.8 Å². The molecule has 0 radical (unpaired) electrons. The second-order valence-corrected chi connectivity index (χ2v) is 4.78. The first kappa shape index (κ1) is 5.20. The lowest BCUT2D eigenvalue weighted by molar-refractivity contribution is 0.219. The summed E-state index contributed by atoms with van der Waals surface area (Å²) < 4.78 is 5.54. The molecule has 0 amide bonds. The monoisotopic (exact) mass is 130 g/mol. The van der Waals surface area contributed by atoms with Gasteiger partial charge >= 0.3 is 0 Å². The summed E-state index contributed by atoms with van der Waals surface area (Å²) in [6, 6.07) is 0. The van der Waals surface area contributed by atoms with Crippen LogP contribution in [0.5, 0.6) is 0 Å². The first-order valence-corrected chi connectivity index (χ1v) is 4.96. The summed E-state index contributed by atoms with van der Waals surface area (Å²) in [5.41, 5.74) is 0. The molecule has 0 unspecified atom stereocenters. The maximum absolute atomic E-state index is 5.54. The highest BCUT2D eigenvalue weighted by Gasteiger charge is 2.27. The van der Waals surface area contributed by atoms with Crippen molar-refractivity contribution in [3.8, 4) is 0 Å². The van der Waals surface area contributed by atoms with E-state index >= 15 is 0 Å². The van der Waals surface area contributed by atoms with Crippen LogP contribution in [0, 0.1) is 5.92 Å². The molecular formula is C6H11OP. The van der Waals surface area contributed by atoms with Crippen molar-refractivity contribution in [2.24, 2.45) is 5.92 Å². The van der Waals surface area contributed by atoms with Crippen LogP contribution in [0.2, 0.25) is 0 Å². The molecule has 3 fully saturated rings. The van der Waals surface area contributed by atoms with Crippen LogP contribution in [0.25, 0.3) is 0 Å². The van der Waals surface area contributed by atoms with Crippen molar-refractivity contribution in [3.63, 3.8) is 0 Å². The second-order valence-electron chi connectivity index (χ2n) is 2.67. The van der Waals surface area contributed by atoms with Gasteiger partial charge in [-0.15, -0.1) is 0 Å². The highest BCUT2D eigenvalue weighted by atomic mass is 31.1. The number of rotatable bonds is 0. The van der Waals surface area contributed by atoms with Crippen molar-refractivity contribution >= 4 is 8.15 Å². The molecule has 2 bridgehead atoms. The molecule has 3 saturated heterocycles. The normalized spacial score (nSPS) is 45.0. The molecule has 0 aliphatic carbocycles. The van der Waals surface area contributed by atoms with Gasteiger partial charge in [-0.2, -0.15) is 0 Å². The zero-order valence-electron chi connectivity index (χ0n) is 4.97. The minimum atomic E-state index is 0.0965. The Bertz CT molecular complexity index is 63.5. The summed E-state index contributed by atoms with van der Waals surface area (Å²) in [7, 11) is 0.0965. The quantitative estimate of drug-likeness (QED) is 0.454. The summed E-state index contributed by atoms with van der Waals surface area (Å²) in [5, 5.41) is 0. The SMILES string of the molecule is C1CP2CCC1CO2. The van der Waals surface area contributed by atoms with Gasteiger partial charge in [0.2, 0.25) is 0 Å². The molecule has 0 aromatic heterocycles. The molecule has 8 heavy (non-hydrogen) atoms. The molecule has 2 heteroatoms. The molecule has 0 aromatic carbocycles. The third kappa shape index (κ3) is 0.784. The lowest BCUT2D eigenvalue weighted by Crippen LogP contribution is -2.23. The first-order valence-electron chi connectivity index (χ1n) is 3.33. The van der Waals surface area contributed by atoms with Crippen molar-refractivity contribution < 1.29 is 4.52 Å². The van der Waals surface area contributed by atoms with E-state index in [-0.39, 0.29) is 8.15 Å². The van der Waals surface area contributed by atoms with E-state index in [9.17, 15) is 0 Å². The Morgan fingerprint density at radius 3 is 2.12 bits per heavy atom. The van der Waals surface area contributed by atoms with E-state index in [1.807, 2.05) is 0 Å². The Morgan fingerprint density at radius 2 is 2.00 bits per heavy atom. The molecule has 0 spiro atoms. The van der Waals surface area contributed by atoms with Gasteiger partial charge in [0.05, 0.1) is 6.61 Å². The van der Waals surface area contributed by atoms with Crippen LogP contribution in [0.4, 0.5) is 0 Å². The van der Waals surface area contributed by atoms with Crippen LogP contribution < -0.4 is 0 Å². The van der Waals surface area contributed by atoms with Gasteiger partial charge in [0.1, 0.15) is 0 Å². The Morgan fingerprint density at radius 1 is 1.25 bits per heavy atom. The molecule has 1 nitrogen and oxygen atoms in total. The molecule has 3 heterocycles. The molecule has 0 saturated carbocycles. The van der Waals surface area contributed by atoms with E-state index in [0.29, 0.717) is 0 Å². The third-order valence-corrected chi connectivity index (χ3v) is 4.09. The van der Waals surface area contributed by atoms with Crippen LogP contribution in [-0.2, 0) is 4.52 Å². The predicted molar refractivity (Wildman–Crippen MR) is 35.3 cm³/mol. The largest absolute Gasteiger partial charge is 0.359 e. The highest BCUT2D eigenvalue weighted by Crippen LogP contribution is 2.49. The molecule has 3 aliphatic rings. The molecule has 0 atom stereocenters. The maximum Gasteiger partial charge on any atom is 0.0537 e. The third-order valence-electron chi connectivity index (χ3n) is 2.07. The van der Waals surface area contributed by atoms with Crippen LogP contribution >= 0.6 is 8.15 Å². The highest BCUT2D eigenvalue weighted by molar-refractivity contribution is 7.52. The number of hydrogen-bond acceptors (Lipinski definition) is 1. The topological polar surface area (TPSA) is 9.23 Å². The van der Waals surface area contributed by atoms with Crippen molar-refractivity contribution in [1.29, 1.82) is 0 Å². The van der Waals surface area contributed by atoms with Crippen LogP contribution in [0.3, 0.4) is 0 Å². The van der Waals surface area contributed by atoms with Gasteiger partial charge in [-0.25, -0.2) is 0 Å². The molecule has 0 N–H and O–H groups in total. The zero-order chi connectivity index (χ0) is 5.40. The van der Waals surface area contributed by atoms with Crippen molar-refractivity contribution in [2.75, 3.05) is 18.9 Å². The van der Waals surface area contributed by atoms with Gasteiger partial charge in [0.15, 0.2) is 0 Å². The zero-order valence-corrected chi connectivity index (χ0v) is 5.86. The van der Waals surface area contributed by atoms with Gasteiger partial charge in [0, 0.05) is 8.15 Å². The fourth-order valence-corrected chi connectivity index (χ4v) is 3.63. The molecule has 3 rings (SSSR count). The fourth-order valence-electron chi connectivity index (χ4n) is 1.42. The van der Waals surface area contributed by atoms with Gasteiger partial charge in [0.25, 0.3) is 0 Å². The van der Waals surface area contributed by atoms with Gasteiger partial charge in [-0.05, 0) is 31.1 Å². The average molecular weight is 130 g/mol. The van der Waals surface area contributed by atoms with E-state index in [2.05, 4.69) is 0 Å². The Hall–Kier alpha value is 0.390. The van der Waals surface area contributed by atoms with Gasteiger partial charge in [-0.1, -0.05) is 0 Å². The van der Waals surface area contributed by atoms with Gasteiger partial charge in [-0.3, -0.25) is 0 Å². The molecule has 0 aromatic rings. The average Bonchev–Trinajstić information content (AvgIpc) is 1.92. The number of fused-ring (bicyclic) bond motifs is 3. The molecule has 46 valence electrons. The molecule has 3 aliphatic heterocycles. The summed E-state index contributed by atoms with van der Waals surface area (Å²) in [6.45, 7) is 1.09. The number of hydrogen-bond donors (Lipinski definition) is 0. The summed E-state index contributed by atoms with van der Waals surface area (Å²) in [5.74, 6) is 0.947. The Labute approximate surface area is 51.3 Å². The van der Waals surface area contributed by atoms with E-state index in [1.165, 1.54) is 25.2 Å². The summed E-state index contributed by atoms with van der Waals surface area (Å²) >= 11 is 0. The van der Waals surface area contributed by atoms with Gasteiger partial charge < -0.3 is 4.52 Å². The summed E-state index contributed by atoms with van der Waals surface area (Å²) in [6.07, 6.45) is 5.73. The Kier molecular flexibility index (Phi) is 1.28. The first-order chi connectivity index (χ1) is 3.95. The van der Waals surface area contributed by atoms with Crippen LogP contribution in [0.1, 0.15) is 12.8 Å². The summed E-state index contributed by atoms with van der Waals surface area (Å²) in [4.78, 5) is 0. The van der Waals surface area contributed by atoms with E-state index in [4.69, 9.17) is 4.52 Å². The van der Waals surface area contributed by atoms with Crippen molar-refractivity contribution in [3.05, 3.63) is 0 Å². The minimum Gasteiger partial charge on any atom is -0.359 e. The second kappa shape index (κ2) is 1.97. The maximum atomic E-state index is 5.54. The van der Waals surface area contributed by atoms with E-state index < -0.39 is 0 Å². The minimum absolute atomic E-state index is 0.0965. The Balaban J connectivity index is 2.03.